The first-order valence-electron chi connectivity index (χ1n) is 6.66. The van der Waals surface area contributed by atoms with Gasteiger partial charge in [0.05, 0.1) is 5.52 Å². The van der Waals surface area contributed by atoms with Crippen LogP contribution in [0.15, 0.2) is 42.5 Å². The van der Waals surface area contributed by atoms with Gasteiger partial charge in [0.1, 0.15) is 11.3 Å². The Balaban J connectivity index is 1.65. The van der Waals surface area contributed by atoms with Crippen LogP contribution in [0.3, 0.4) is 0 Å². The largest absolute Gasteiger partial charge is 0.385 e. The first kappa shape index (κ1) is 12.7. The maximum absolute atomic E-state index is 13.5. The predicted octanol–water partition coefficient (Wildman–Crippen LogP) is 3.67. The molecule has 3 rings (SSSR count). The maximum Gasteiger partial charge on any atom is 0.151 e. The standard InChI is InChI=1S/C16H16FN3/c1-11-5-7-12(8-6-11)18-10-9-15-19-14-4-2-3-13(17)16(14)20-15/h2-8,18H,9-10H2,1H3,(H,19,20). The van der Waals surface area contributed by atoms with Gasteiger partial charge in [-0.25, -0.2) is 9.37 Å². The molecule has 0 bridgehead atoms. The average Bonchev–Trinajstić information content (AvgIpc) is 2.85. The molecule has 0 unspecified atom stereocenters. The number of benzene rings is 2. The van der Waals surface area contributed by atoms with Gasteiger partial charge in [0.25, 0.3) is 0 Å². The second kappa shape index (κ2) is 5.33. The van der Waals surface area contributed by atoms with E-state index in [1.807, 2.05) is 18.2 Å². The van der Waals surface area contributed by atoms with Crippen molar-refractivity contribution in [2.24, 2.45) is 0 Å². The third-order valence-corrected chi connectivity index (χ3v) is 3.26. The zero-order chi connectivity index (χ0) is 13.9. The first-order chi connectivity index (χ1) is 9.72. The van der Waals surface area contributed by atoms with Crippen molar-refractivity contribution < 1.29 is 4.39 Å². The molecule has 0 aliphatic heterocycles. The molecule has 4 heteroatoms. The van der Waals surface area contributed by atoms with E-state index < -0.39 is 0 Å². The second-order valence-electron chi connectivity index (χ2n) is 4.86. The van der Waals surface area contributed by atoms with Crippen molar-refractivity contribution in [3.05, 3.63) is 59.7 Å². The van der Waals surface area contributed by atoms with Crippen LogP contribution < -0.4 is 5.32 Å². The molecule has 0 radical (unpaired) electrons. The summed E-state index contributed by atoms with van der Waals surface area (Å²) in [6.07, 6.45) is 0.724. The summed E-state index contributed by atoms with van der Waals surface area (Å²) in [5, 5.41) is 3.33. The fraction of sp³-hybridized carbons (Fsp3) is 0.188. The molecule has 0 atom stereocenters. The number of para-hydroxylation sites is 1. The minimum absolute atomic E-state index is 0.281. The summed E-state index contributed by atoms with van der Waals surface area (Å²) in [6, 6.07) is 13.2. The molecule has 0 aliphatic rings. The van der Waals surface area contributed by atoms with Crippen LogP contribution in [-0.2, 0) is 6.42 Å². The van der Waals surface area contributed by atoms with Crippen LogP contribution in [0.1, 0.15) is 11.4 Å². The highest BCUT2D eigenvalue weighted by Gasteiger charge is 2.06. The van der Waals surface area contributed by atoms with E-state index in [4.69, 9.17) is 0 Å². The minimum Gasteiger partial charge on any atom is -0.385 e. The molecule has 3 nitrogen and oxygen atoms in total. The summed E-state index contributed by atoms with van der Waals surface area (Å²) in [5.74, 6) is 0.515. The van der Waals surface area contributed by atoms with Crippen molar-refractivity contribution in [3.63, 3.8) is 0 Å². The summed E-state index contributed by atoms with van der Waals surface area (Å²) in [7, 11) is 0. The molecule has 0 amide bonds. The van der Waals surface area contributed by atoms with Crippen molar-refractivity contribution in [2.75, 3.05) is 11.9 Å². The van der Waals surface area contributed by atoms with Gasteiger partial charge in [-0.15, -0.1) is 0 Å². The van der Waals surface area contributed by atoms with E-state index in [9.17, 15) is 4.39 Å². The lowest BCUT2D eigenvalue weighted by Gasteiger charge is -2.05. The Hall–Kier alpha value is -2.36. The van der Waals surface area contributed by atoms with Gasteiger partial charge in [-0.2, -0.15) is 0 Å². The highest BCUT2D eigenvalue weighted by molar-refractivity contribution is 5.75. The van der Waals surface area contributed by atoms with E-state index in [1.54, 1.807) is 6.07 Å². The Labute approximate surface area is 116 Å². The number of nitrogens with one attached hydrogen (secondary N) is 2. The van der Waals surface area contributed by atoms with Crippen molar-refractivity contribution in [1.29, 1.82) is 0 Å². The quantitative estimate of drug-likeness (QED) is 0.758. The van der Waals surface area contributed by atoms with Gasteiger partial charge in [-0.1, -0.05) is 23.8 Å². The van der Waals surface area contributed by atoms with Crippen LogP contribution in [-0.4, -0.2) is 16.5 Å². The number of nitrogens with zero attached hydrogens (tertiary/aromatic N) is 1. The molecule has 102 valence electrons. The number of rotatable bonds is 4. The summed E-state index contributed by atoms with van der Waals surface area (Å²) in [4.78, 5) is 7.43. The van der Waals surface area contributed by atoms with E-state index in [0.29, 0.717) is 5.52 Å². The van der Waals surface area contributed by atoms with E-state index in [0.717, 1.165) is 30.0 Å². The van der Waals surface area contributed by atoms with E-state index in [-0.39, 0.29) is 5.82 Å². The van der Waals surface area contributed by atoms with Gasteiger partial charge in [-0.3, -0.25) is 0 Å². The highest BCUT2D eigenvalue weighted by atomic mass is 19.1. The van der Waals surface area contributed by atoms with Crippen molar-refractivity contribution in [2.45, 2.75) is 13.3 Å². The molecule has 1 aromatic heterocycles. The van der Waals surface area contributed by atoms with E-state index in [2.05, 4.69) is 34.3 Å². The SMILES string of the molecule is Cc1ccc(NCCc2nc3c(F)cccc3[nH]2)cc1. The normalized spacial score (nSPS) is 10.9. The van der Waals surface area contributed by atoms with Gasteiger partial charge in [0, 0.05) is 18.7 Å². The lowest BCUT2D eigenvalue weighted by molar-refractivity contribution is 0.637. The Bertz CT molecular complexity index is 716. The topological polar surface area (TPSA) is 40.7 Å². The Kier molecular flexibility index (Phi) is 3.37. The average molecular weight is 269 g/mol. The summed E-state index contributed by atoms with van der Waals surface area (Å²) >= 11 is 0. The molecule has 2 aromatic carbocycles. The molecule has 0 saturated carbocycles. The minimum atomic E-state index is -0.281. The molecule has 3 aromatic rings. The van der Waals surface area contributed by atoms with Crippen molar-refractivity contribution in [1.82, 2.24) is 9.97 Å². The maximum atomic E-state index is 13.5. The zero-order valence-corrected chi connectivity index (χ0v) is 11.3. The zero-order valence-electron chi connectivity index (χ0n) is 11.3. The molecule has 20 heavy (non-hydrogen) atoms. The number of hydrogen-bond acceptors (Lipinski definition) is 2. The third kappa shape index (κ3) is 2.64. The molecular weight excluding hydrogens is 253 g/mol. The molecule has 0 saturated heterocycles. The van der Waals surface area contributed by atoms with Crippen LogP contribution in [0.2, 0.25) is 0 Å². The van der Waals surface area contributed by atoms with Gasteiger partial charge < -0.3 is 10.3 Å². The Morgan fingerprint density at radius 2 is 1.95 bits per heavy atom. The van der Waals surface area contributed by atoms with Crippen molar-refractivity contribution >= 4 is 16.7 Å². The molecule has 0 fully saturated rings. The molecule has 2 N–H and O–H groups in total. The number of imidazole rings is 1. The third-order valence-electron chi connectivity index (χ3n) is 3.26. The summed E-state index contributed by atoms with van der Waals surface area (Å²) in [6.45, 7) is 2.82. The van der Waals surface area contributed by atoms with Gasteiger partial charge in [0.15, 0.2) is 5.82 Å². The van der Waals surface area contributed by atoms with Crippen LogP contribution in [0.4, 0.5) is 10.1 Å². The monoisotopic (exact) mass is 269 g/mol. The number of halogens is 1. The number of fused-ring (bicyclic) bond motifs is 1. The Morgan fingerprint density at radius 3 is 2.70 bits per heavy atom. The van der Waals surface area contributed by atoms with Gasteiger partial charge in [-0.05, 0) is 31.2 Å². The lowest BCUT2D eigenvalue weighted by Crippen LogP contribution is -2.05. The fourth-order valence-electron chi connectivity index (χ4n) is 2.16. The number of anilines is 1. The van der Waals surface area contributed by atoms with E-state index >= 15 is 0 Å². The van der Waals surface area contributed by atoms with Gasteiger partial charge >= 0.3 is 0 Å². The first-order valence-corrected chi connectivity index (χ1v) is 6.66. The number of H-pyrrole nitrogens is 1. The van der Waals surface area contributed by atoms with Gasteiger partial charge in [0.2, 0.25) is 0 Å². The molecule has 0 spiro atoms. The van der Waals surface area contributed by atoms with Crippen molar-refractivity contribution in [3.8, 4) is 0 Å². The second-order valence-corrected chi connectivity index (χ2v) is 4.86. The number of aromatic nitrogens is 2. The number of hydrogen-bond donors (Lipinski definition) is 2. The van der Waals surface area contributed by atoms with Crippen LogP contribution >= 0.6 is 0 Å². The highest BCUT2D eigenvalue weighted by Crippen LogP contribution is 2.15. The van der Waals surface area contributed by atoms with Crippen LogP contribution in [0.5, 0.6) is 0 Å². The molecule has 1 heterocycles. The molecular formula is C16H16FN3. The smallest absolute Gasteiger partial charge is 0.151 e. The summed E-state index contributed by atoms with van der Waals surface area (Å²) in [5.41, 5.74) is 3.48. The predicted molar refractivity (Wildman–Crippen MR) is 79.4 cm³/mol. The van der Waals surface area contributed by atoms with E-state index in [1.165, 1.54) is 11.6 Å². The molecule has 0 aliphatic carbocycles. The van der Waals surface area contributed by atoms with Crippen LogP contribution in [0, 0.1) is 12.7 Å². The number of aryl methyl sites for hydroxylation is 1. The fourth-order valence-corrected chi connectivity index (χ4v) is 2.16. The lowest BCUT2D eigenvalue weighted by atomic mass is 10.2. The Morgan fingerprint density at radius 1 is 1.15 bits per heavy atom. The summed E-state index contributed by atoms with van der Waals surface area (Å²) < 4.78 is 13.5. The number of aromatic amines is 1. The van der Waals surface area contributed by atoms with Crippen LogP contribution in [0.25, 0.3) is 11.0 Å².